The van der Waals surface area contributed by atoms with Gasteiger partial charge in [0.15, 0.2) is 0 Å². The van der Waals surface area contributed by atoms with Crippen LogP contribution in [-0.2, 0) is 0 Å². The molecule has 1 saturated carbocycles. The molecular weight excluding hydrogens is 210 g/mol. The van der Waals surface area contributed by atoms with Crippen molar-refractivity contribution in [2.24, 2.45) is 17.6 Å². The minimum Gasteiger partial charge on any atom is -0.489 e. The SMILES string of the molecule is Cc1cccc(OC2C(C)CC(C)CC2N)c1. The molecule has 1 fully saturated rings. The number of hydrogen-bond donors (Lipinski definition) is 1. The second-order valence-electron chi connectivity index (χ2n) is 5.62. The molecule has 1 aliphatic carbocycles. The van der Waals surface area contributed by atoms with Gasteiger partial charge in [-0.05, 0) is 49.3 Å². The van der Waals surface area contributed by atoms with Crippen molar-refractivity contribution < 1.29 is 4.74 Å². The molecule has 0 bridgehead atoms. The van der Waals surface area contributed by atoms with Crippen LogP contribution in [0.1, 0.15) is 32.3 Å². The lowest BCUT2D eigenvalue weighted by Gasteiger charge is -2.37. The van der Waals surface area contributed by atoms with Crippen LogP contribution < -0.4 is 10.5 Å². The van der Waals surface area contributed by atoms with Crippen LogP contribution in [0.3, 0.4) is 0 Å². The zero-order valence-electron chi connectivity index (χ0n) is 11.0. The van der Waals surface area contributed by atoms with Crippen LogP contribution in [0.15, 0.2) is 24.3 Å². The number of ether oxygens (including phenoxy) is 1. The van der Waals surface area contributed by atoms with Gasteiger partial charge in [0.1, 0.15) is 11.9 Å². The number of nitrogens with two attached hydrogens (primary N) is 1. The summed E-state index contributed by atoms with van der Waals surface area (Å²) in [7, 11) is 0. The zero-order valence-corrected chi connectivity index (χ0v) is 11.0. The fourth-order valence-electron chi connectivity index (χ4n) is 2.94. The van der Waals surface area contributed by atoms with E-state index in [9.17, 15) is 0 Å². The first-order chi connectivity index (χ1) is 8.06. The molecule has 0 aliphatic heterocycles. The summed E-state index contributed by atoms with van der Waals surface area (Å²) in [5, 5.41) is 0. The number of benzene rings is 1. The highest BCUT2D eigenvalue weighted by atomic mass is 16.5. The summed E-state index contributed by atoms with van der Waals surface area (Å²) in [4.78, 5) is 0. The summed E-state index contributed by atoms with van der Waals surface area (Å²) in [6.07, 6.45) is 2.44. The van der Waals surface area contributed by atoms with Gasteiger partial charge in [0.2, 0.25) is 0 Å². The maximum atomic E-state index is 6.22. The van der Waals surface area contributed by atoms with E-state index in [0.717, 1.165) is 18.1 Å². The van der Waals surface area contributed by atoms with E-state index in [0.29, 0.717) is 5.92 Å². The predicted molar refractivity (Wildman–Crippen MR) is 71.1 cm³/mol. The fraction of sp³-hybridized carbons (Fsp3) is 0.600. The van der Waals surface area contributed by atoms with E-state index in [4.69, 9.17) is 10.5 Å². The van der Waals surface area contributed by atoms with E-state index >= 15 is 0 Å². The van der Waals surface area contributed by atoms with Gasteiger partial charge >= 0.3 is 0 Å². The summed E-state index contributed by atoms with van der Waals surface area (Å²) >= 11 is 0. The summed E-state index contributed by atoms with van der Waals surface area (Å²) in [6.45, 7) is 6.61. The fourth-order valence-corrected chi connectivity index (χ4v) is 2.94. The molecule has 2 nitrogen and oxygen atoms in total. The van der Waals surface area contributed by atoms with Gasteiger partial charge in [-0.2, -0.15) is 0 Å². The minimum absolute atomic E-state index is 0.160. The van der Waals surface area contributed by atoms with E-state index < -0.39 is 0 Å². The Kier molecular flexibility index (Phi) is 3.72. The monoisotopic (exact) mass is 233 g/mol. The van der Waals surface area contributed by atoms with Crippen molar-refractivity contribution in [1.29, 1.82) is 0 Å². The lowest BCUT2D eigenvalue weighted by Crippen LogP contribution is -2.48. The van der Waals surface area contributed by atoms with Crippen LogP contribution in [0, 0.1) is 18.8 Å². The molecule has 94 valence electrons. The van der Waals surface area contributed by atoms with Crippen LogP contribution in [-0.4, -0.2) is 12.1 Å². The highest BCUT2D eigenvalue weighted by Crippen LogP contribution is 2.31. The second kappa shape index (κ2) is 5.09. The van der Waals surface area contributed by atoms with Crippen molar-refractivity contribution in [2.75, 3.05) is 0 Å². The third-order valence-electron chi connectivity index (χ3n) is 3.69. The molecule has 1 aliphatic rings. The Labute approximate surface area is 104 Å². The molecule has 4 atom stereocenters. The molecule has 4 unspecified atom stereocenters. The Bertz CT molecular complexity index is 365. The maximum Gasteiger partial charge on any atom is 0.120 e. The molecule has 0 radical (unpaired) electrons. The lowest BCUT2D eigenvalue weighted by molar-refractivity contribution is 0.0626. The topological polar surface area (TPSA) is 35.2 Å². The predicted octanol–water partition coefficient (Wildman–Crippen LogP) is 3.14. The molecule has 2 heteroatoms. The molecule has 2 rings (SSSR count). The van der Waals surface area contributed by atoms with E-state index in [-0.39, 0.29) is 12.1 Å². The van der Waals surface area contributed by atoms with Gasteiger partial charge in [0.05, 0.1) is 0 Å². The van der Waals surface area contributed by atoms with E-state index in [1.165, 1.54) is 12.0 Å². The molecule has 1 aromatic carbocycles. The van der Waals surface area contributed by atoms with Crippen LogP contribution in [0.5, 0.6) is 5.75 Å². The van der Waals surface area contributed by atoms with E-state index in [2.05, 4.69) is 32.9 Å². The third kappa shape index (κ3) is 3.01. The standard InChI is InChI=1S/C15H23NO/c1-10-5-4-6-13(8-10)17-15-12(3)7-11(2)9-14(15)16/h4-6,8,11-12,14-15H,7,9,16H2,1-3H3. The first-order valence-electron chi connectivity index (χ1n) is 6.55. The summed E-state index contributed by atoms with van der Waals surface area (Å²) < 4.78 is 6.08. The van der Waals surface area contributed by atoms with Crippen molar-refractivity contribution in [3.63, 3.8) is 0 Å². The van der Waals surface area contributed by atoms with Gasteiger partial charge in [-0.15, -0.1) is 0 Å². The zero-order chi connectivity index (χ0) is 12.4. The van der Waals surface area contributed by atoms with Crippen LogP contribution in [0.25, 0.3) is 0 Å². The molecule has 0 spiro atoms. The third-order valence-corrected chi connectivity index (χ3v) is 3.69. The van der Waals surface area contributed by atoms with Crippen molar-refractivity contribution in [1.82, 2.24) is 0 Å². The first-order valence-corrected chi connectivity index (χ1v) is 6.55. The molecular formula is C15H23NO. The van der Waals surface area contributed by atoms with Crippen molar-refractivity contribution >= 4 is 0 Å². The molecule has 0 amide bonds. The molecule has 1 aromatic rings. The minimum atomic E-state index is 0.160. The smallest absolute Gasteiger partial charge is 0.120 e. The Morgan fingerprint density at radius 1 is 1.24 bits per heavy atom. The summed E-state index contributed by atoms with van der Waals surface area (Å²) in [5.41, 5.74) is 7.45. The Morgan fingerprint density at radius 3 is 2.65 bits per heavy atom. The number of rotatable bonds is 2. The molecule has 17 heavy (non-hydrogen) atoms. The van der Waals surface area contributed by atoms with Crippen molar-refractivity contribution in [3.8, 4) is 5.75 Å². The van der Waals surface area contributed by atoms with Gasteiger partial charge in [-0.1, -0.05) is 26.0 Å². The molecule has 0 aromatic heterocycles. The Hall–Kier alpha value is -1.02. The van der Waals surface area contributed by atoms with Crippen molar-refractivity contribution in [2.45, 2.75) is 45.8 Å². The van der Waals surface area contributed by atoms with E-state index in [1.54, 1.807) is 0 Å². The highest BCUT2D eigenvalue weighted by Gasteiger charge is 2.33. The summed E-state index contributed by atoms with van der Waals surface area (Å²) in [6, 6.07) is 8.38. The number of hydrogen-bond acceptors (Lipinski definition) is 2. The average Bonchev–Trinajstić information content (AvgIpc) is 2.23. The van der Waals surface area contributed by atoms with Crippen LogP contribution in [0.2, 0.25) is 0 Å². The molecule has 0 saturated heterocycles. The van der Waals surface area contributed by atoms with E-state index in [1.807, 2.05) is 12.1 Å². The van der Waals surface area contributed by atoms with Crippen LogP contribution in [0.4, 0.5) is 0 Å². The second-order valence-corrected chi connectivity index (χ2v) is 5.62. The first kappa shape index (κ1) is 12.4. The maximum absolute atomic E-state index is 6.22. The van der Waals surface area contributed by atoms with Crippen LogP contribution >= 0.6 is 0 Å². The lowest BCUT2D eigenvalue weighted by atomic mass is 9.78. The molecule has 2 N–H and O–H groups in total. The Balaban J connectivity index is 2.07. The average molecular weight is 233 g/mol. The molecule has 0 heterocycles. The quantitative estimate of drug-likeness (QED) is 0.851. The largest absolute Gasteiger partial charge is 0.489 e. The van der Waals surface area contributed by atoms with Crippen molar-refractivity contribution in [3.05, 3.63) is 29.8 Å². The van der Waals surface area contributed by atoms with Gasteiger partial charge in [-0.25, -0.2) is 0 Å². The highest BCUT2D eigenvalue weighted by molar-refractivity contribution is 5.27. The van der Waals surface area contributed by atoms with Gasteiger partial charge in [0.25, 0.3) is 0 Å². The Morgan fingerprint density at radius 2 is 2.00 bits per heavy atom. The van der Waals surface area contributed by atoms with Gasteiger partial charge in [0, 0.05) is 6.04 Å². The van der Waals surface area contributed by atoms with Gasteiger partial charge in [-0.3, -0.25) is 0 Å². The van der Waals surface area contributed by atoms with Gasteiger partial charge < -0.3 is 10.5 Å². The normalized spacial score (nSPS) is 33.4. The number of aryl methyl sites for hydroxylation is 1. The summed E-state index contributed by atoms with van der Waals surface area (Å²) in [5.74, 6) is 2.21.